The van der Waals surface area contributed by atoms with E-state index in [1.54, 1.807) is 12.1 Å². The zero-order valence-electron chi connectivity index (χ0n) is 11.3. The molecule has 7 heteroatoms. The quantitative estimate of drug-likeness (QED) is 0.685. The standard InChI is InChI=1S/C13H19N3O3.ClH/c1-19-11(8-14)7-12(17)15-9-13(18)16-10-5-3-2-4-6-10;/h2-6,11H,7-9,14H2,1H3,(H,15,17)(H,16,18);1H. The maximum atomic E-state index is 11.6. The Morgan fingerprint density at radius 2 is 1.90 bits per heavy atom. The van der Waals surface area contributed by atoms with Gasteiger partial charge in [-0.3, -0.25) is 9.59 Å². The van der Waals surface area contributed by atoms with E-state index in [1.807, 2.05) is 18.2 Å². The largest absolute Gasteiger partial charge is 0.380 e. The van der Waals surface area contributed by atoms with E-state index >= 15 is 0 Å². The van der Waals surface area contributed by atoms with Crippen molar-refractivity contribution in [2.75, 3.05) is 25.5 Å². The fourth-order valence-corrected chi connectivity index (χ4v) is 1.45. The molecule has 0 saturated heterocycles. The lowest BCUT2D eigenvalue weighted by atomic mass is 10.2. The van der Waals surface area contributed by atoms with Gasteiger partial charge in [0.2, 0.25) is 11.8 Å². The second kappa shape index (κ2) is 10.2. The third-order valence-corrected chi connectivity index (χ3v) is 2.51. The van der Waals surface area contributed by atoms with E-state index in [2.05, 4.69) is 10.6 Å². The molecule has 0 aliphatic heterocycles. The molecule has 6 nitrogen and oxygen atoms in total. The number of para-hydroxylation sites is 1. The van der Waals surface area contributed by atoms with Gasteiger partial charge in [-0.25, -0.2) is 0 Å². The van der Waals surface area contributed by atoms with Crippen molar-refractivity contribution in [3.05, 3.63) is 30.3 Å². The van der Waals surface area contributed by atoms with Crippen LogP contribution in [0.5, 0.6) is 0 Å². The number of anilines is 1. The summed E-state index contributed by atoms with van der Waals surface area (Å²) in [5.41, 5.74) is 6.10. The Kier molecular flexibility index (Phi) is 9.36. The van der Waals surface area contributed by atoms with Crippen LogP contribution in [0.4, 0.5) is 5.69 Å². The summed E-state index contributed by atoms with van der Waals surface area (Å²) in [4.78, 5) is 23.1. The van der Waals surface area contributed by atoms with Gasteiger partial charge in [0.15, 0.2) is 0 Å². The van der Waals surface area contributed by atoms with Crippen LogP contribution in [0.25, 0.3) is 0 Å². The molecule has 1 atom stereocenters. The van der Waals surface area contributed by atoms with E-state index < -0.39 is 0 Å². The Morgan fingerprint density at radius 3 is 2.45 bits per heavy atom. The summed E-state index contributed by atoms with van der Waals surface area (Å²) < 4.78 is 4.99. The van der Waals surface area contributed by atoms with Crippen molar-refractivity contribution < 1.29 is 14.3 Å². The normalized spacial score (nSPS) is 11.1. The summed E-state index contributed by atoms with van der Waals surface area (Å²) in [6.07, 6.45) is -0.178. The molecule has 0 radical (unpaired) electrons. The molecule has 4 N–H and O–H groups in total. The number of hydrogen-bond acceptors (Lipinski definition) is 4. The van der Waals surface area contributed by atoms with E-state index in [9.17, 15) is 9.59 Å². The van der Waals surface area contributed by atoms with E-state index in [0.717, 1.165) is 0 Å². The van der Waals surface area contributed by atoms with E-state index in [0.29, 0.717) is 5.69 Å². The number of amides is 2. The summed E-state index contributed by atoms with van der Waals surface area (Å²) in [6, 6.07) is 9.04. The predicted octanol–water partition coefficient (Wildman–Crippen LogP) is 0.527. The van der Waals surface area contributed by atoms with Gasteiger partial charge in [-0.15, -0.1) is 12.4 Å². The highest BCUT2D eigenvalue weighted by Crippen LogP contribution is 2.04. The first-order valence-electron chi connectivity index (χ1n) is 6.00. The molecular formula is C13H20ClN3O3. The molecule has 0 fully saturated rings. The monoisotopic (exact) mass is 301 g/mol. The van der Waals surface area contributed by atoms with Crippen LogP contribution in [0, 0.1) is 0 Å². The Morgan fingerprint density at radius 1 is 1.25 bits per heavy atom. The Bertz CT molecular complexity index is 411. The molecular weight excluding hydrogens is 282 g/mol. The van der Waals surface area contributed by atoms with E-state index in [-0.39, 0.29) is 49.8 Å². The minimum Gasteiger partial charge on any atom is -0.380 e. The van der Waals surface area contributed by atoms with Crippen molar-refractivity contribution in [1.82, 2.24) is 5.32 Å². The maximum Gasteiger partial charge on any atom is 0.243 e. The van der Waals surface area contributed by atoms with Crippen molar-refractivity contribution in [1.29, 1.82) is 0 Å². The molecule has 2 amide bonds. The van der Waals surface area contributed by atoms with Crippen LogP contribution < -0.4 is 16.4 Å². The zero-order chi connectivity index (χ0) is 14.1. The minimum atomic E-state index is -0.322. The van der Waals surface area contributed by atoms with Crippen LogP contribution in [0.2, 0.25) is 0 Å². The highest BCUT2D eigenvalue weighted by molar-refractivity contribution is 5.94. The molecule has 20 heavy (non-hydrogen) atoms. The Hall–Kier alpha value is -1.63. The number of halogens is 1. The zero-order valence-corrected chi connectivity index (χ0v) is 12.1. The molecule has 0 heterocycles. The smallest absolute Gasteiger partial charge is 0.243 e. The number of nitrogens with one attached hydrogen (secondary N) is 2. The summed E-state index contributed by atoms with van der Waals surface area (Å²) in [5.74, 6) is -0.540. The molecule has 0 aliphatic carbocycles. The van der Waals surface area contributed by atoms with Gasteiger partial charge in [0.25, 0.3) is 0 Å². The summed E-state index contributed by atoms with van der Waals surface area (Å²) in [6.45, 7) is 0.189. The topological polar surface area (TPSA) is 93.4 Å². The lowest BCUT2D eigenvalue weighted by Gasteiger charge is -2.12. The molecule has 0 bridgehead atoms. The molecule has 112 valence electrons. The van der Waals surface area contributed by atoms with E-state index in [4.69, 9.17) is 10.5 Å². The van der Waals surface area contributed by atoms with Gasteiger partial charge in [0, 0.05) is 19.3 Å². The summed E-state index contributed by atoms with van der Waals surface area (Å²) in [7, 11) is 1.49. The number of carbonyl (C=O) groups is 2. The molecule has 0 aromatic heterocycles. The molecule has 0 spiro atoms. The number of nitrogens with two attached hydrogens (primary N) is 1. The summed E-state index contributed by atoms with van der Waals surface area (Å²) >= 11 is 0. The number of hydrogen-bond donors (Lipinski definition) is 3. The van der Waals surface area contributed by atoms with Gasteiger partial charge < -0.3 is 21.1 Å². The highest BCUT2D eigenvalue weighted by Gasteiger charge is 2.12. The van der Waals surface area contributed by atoms with Crippen LogP contribution in [0.15, 0.2) is 30.3 Å². The van der Waals surface area contributed by atoms with Gasteiger partial charge in [-0.05, 0) is 12.1 Å². The first-order chi connectivity index (χ1) is 9.15. The summed E-state index contributed by atoms with van der Waals surface area (Å²) in [5, 5.41) is 5.18. The number of benzene rings is 1. The lowest BCUT2D eigenvalue weighted by Crippen LogP contribution is -2.36. The van der Waals surface area contributed by atoms with Crippen LogP contribution in [0.1, 0.15) is 6.42 Å². The minimum absolute atomic E-state index is 0. The number of carbonyl (C=O) groups excluding carboxylic acids is 2. The second-order valence-corrected chi connectivity index (χ2v) is 3.99. The molecule has 0 saturated carbocycles. The van der Waals surface area contributed by atoms with Crippen molar-refractivity contribution >= 4 is 29.9 Å². The maximum absolute atomic E-state index is 11.6. The van der Waals surface area contributed by atoms with Gasteiger partial charge in [-0.2, -0.15) is 0 Å². The number of ether oxygens (including phenoxy) is 1. The third-order valence-electron chi connectivity index (χ3n) is 2.51. The average Bonchev–Trinajstić information content (AvgIpc) is 2.43. The van der Waals surface area contributed by atoms with Crippen molar-refractivity contribution in [3.8, 4) is 0 Å². The van der Waals surface area contributed by atoms with Gasteiger partial charge >= 0.3 is 0 Å². The molecule has 0 aliphatic rings. The first kappa shape index (κ1) is 18.4. The van der Waals surface area contributed by atoms with E-state index in [1.165, 1.54) is 7.11 Å². The van der Waals surface area contributed by atoms with Crippen molar-refractivity contribution in [2.24, 2.45) is 5.73 Å². The van der Waals surface area contributed by atoms with Crippen molar-refractivity contribution in [2.45, 2.75) is 12.5 Å². The second-order valence-electron chi connectivity index (χ2n) is 3.99. The molecule has 1 rings (SSSR count). The molecule has 1 aromatic rings. The first-order valence-corrected chi connectivity index (χ1v) is 6.00. The Labute approximate surface area is 124 Å². The molecule has 1 unspecified atom stereocenters. The van der Waals surface area contributed by atoms with Crippen LogP contribution >= 0.6 is 12.4 Å². The average molecular weight is 302 g/mol. The SMILES string of the molecule is COC(CN)CC(=O)NCC(=O)Nc1ccccc1.Cl. The number of methoxy groups -OCH3 is 1. The fraction of sp³-hybridized carbons (Fsp3) is 0.385. The predicted molar refractivity (Wildman–Crippen MR) is 79.8 cm³/mol. The third kappa shape index (κ3) is 7.08. The van der Waals surface area contributed by atoms with Crippen LogP contribution in [-0.4, -0.2) is 38.1 Å². The number of rotatable bonds is 7. The Balaban J connectivity index is 0.00000361. The van der Waals surface area contributed by atoms with Crippen LogP contribution in [0.3, 0.4) is 0 Å². The highest BCUT2D eigenvalue weighted by atomic mass is 35.5. The van der Waals surface area contributed by atoms with Gasteiger partial charge in [-0.1, -0.05) is 18.2 Å². The van der Waals surface area contributed by atoms with Gasteiger partial charge in [0.1, 0.15) is 0 Å². The molecule has 1 aromatic carbocycles. The van der Waals surface area contributed by atoms with Gasteiger partial charge in [0.05, 0.1) is 19.1 Å². The fourth-order valence-electron chi connectivity index (χ4n) is 1.45. The van der Waals surface area contributed by atoms with Crippen molar-refractivity contribution in [3.63, 3.8) is 0 Å². The lowest BCUT2D eigenvalue weighted by molar-refractivity contribution is -0.125. The van der Waals surface area contributed by atoms with Crippen LogP contribution in [-0.2, 0) is 14.3 Å².